The smallest absolute Gasteiger partial charge is 0.412 e. The number of para-hydroxylation sites is 1. The van der Waals surface area contributed by atoms with Crippen LogP contribution >= 0.6 is 0 Å². The first-order valence-corrected chi connectivity index (χ1v) is 9.84. The third kappa shape index (κ3) is 6.87. The van der Waals surface area contributed by atoms with Crippen molar-refractivity contribution in [3.63, 3.8) is 0 Å². The molecule has 0 bridgehead atoms. The predicted octanol–water partition coefficient (Wildman–Crippen LogP) is 4.64. The van der Waals surface area contributed by atoms with Crippen molar-refractivity contribution in [2.75, 3.05) is 5.32 Å². The quantitative estimate of drug-likeness (QED) is 0.432. The summed E-state index contributed by atoms with van der Waals surface area (Å²) in [6.45, 7) is 0. The number of rotatable bonds is 8. The summed E-state index contributed by atoms with van der Waals surface area (Å²) >= 11 is 0. The fourth-order valence-electron chi connectivity index (χ4n) is 2.91. The van der Waals surface area contributed by atoms with Gasteiger partial charge in [0, 0.05) is 11.8 Å². The molecule has 3 aromatic rings. The summed E-state index contributed by atoms with van der Waals surface area (Å²) in [5.74, 6) is -0.735. The molecule has 0 saturated carbocycles. The number of benzene rings is 3. The third-order valence-electron chi connectivity index (χ3n) is 4.46. The Morgan fingerprint density at radius 2 is 1.64 bits per heavy atom. The topological polar surface area (TPSA) is 129 Å². The zero-order valence-corrected chi connectivity index (χ0v) is 17.3. The first kappa shape index (κ1) is 22.9. The lowest BCUT2D eigenvalue weighted by molar-refractivity contribution is -0.131. The van der Waals surface area contributed by atoms with E-state index in [4.69, 9.17) is 19.8 Å². The lowest BCUT2D eigenvalue weighted by Crippen LogP contribution is -2.29. The number of phenolic OH excluding ortho intramolecular Hbond substituents is 1. The van der Waals surface area contributed by atoms with Gasteiger partial charge in [0.1, 0.15) is 11.5 Å². The van der Waals surface area contributed by atoms with Crippen molar-refractivity contribution in [3.8, 4) is 17.6 Å². The number of carbonyl (C=O) groups is 2. The van der Waals surface area contributed by atoms with Crippen LogP contribution in [0.3, 0.4) is 0 Å². The highest BCUT2D eigenvalue weighted by atomic mass is 16.6. The van der Waals surface area contributed by atoms with E-state index in [9.17, 15) is 14.7 Å². The number of phenols is 1. The molecule has 0 aromatic heterocycles. The summed E-state index contributed by atoms with van der Waals surface area (Å²) in [7, 11) is 0. The molecule has 0 heterocycles. The second-order valence-electron chi connectivity index (χ2n) is 6.82. The van der Waals surface area contributed by atoms with Gasteiger partial charge in [-0.1, -0.05) is 30.3 Å². The molecule has 0 radical (unpaired) electrons. The van der Waals surface area contributed by atoms with E-state index in [0.717, 1.165) is 6.08 Å². The molecule has 8 nitrogen and oxygen atoms in total. The molecule has 2 atom stereocenters. The van der Waals surface area contributed by atoms with E-state index in [1.54, 1.807) is 66.7 Å². The predicted molar refractivity (Wildman–Crippen MR) is 120 cm³/mol. The number of anilines is 1. The van der Waals surface area contributed by atoms with Gasteiger partial charge < -0.3 is 19.7 Å². The molecule has 0 aliphatic carbocycles. The first-order chi connectivity index (χ1) is 15.9. The van der Waals surface area contributed by atoms with E-state index in [0.29, 0.717) is 22.6 Å². The Bertz CT molecular complexity index is 1150. The second kappa shape index (κ2) is 11.0. The van der Waals surface area contributed by atoms with Crippen molar-refractivity contribution in [2.24, 2.45) is 0 Å². The number of hydrogen-bond donors (Lipinski definition) is 3. The van der Waals surface area contributed by atoms with Crippen molar-refractivity contribution in [3.05, 3.63) is 102 Å². The Hall–Kier alpha value is -4.77. The van der Waals surface area contributed by atoms with Crippen molar-refractivity contribution in [1.82, 2.24) is 0 Å². The van der Waals surface area contributed by atoms with Crippen LogP contribution in [0.15, 0.2) is 91.0 Å². The molecule has 8 heteroatoms. The summed E-state index contributed by atoms with van der Waals surface area (Å²) in [6.07, 6.45) is -0.687. The standard InChI is InChI=1S/C25H20N2O6/c26-16-17-6-10-19(11-7-17)27-25(31)33-24(18-8-12-20(28)13-9-18)22(14-15-23(29)30)32-21-4-2-1-3-5-21/h1-15,22,24,28H,(H,27,31)(H,29,30)/b15-14+/t22-,24-/m0/s1. The van der Waals surface area contributed by atoms with Gasteiger partial charge in [-0.3, -0.25) is 5.32 Å². The Morgan fingerprint density at radius 1 is 0.970 bits per heavy atom. The highest BCUT2D eigenvalue weighted by molar-refractivity contribution is 5.85. The SMILES string of the molecule is N#Cc1ccc(NC(=O)O[C@@H](c2ccc(O)cc2)[C@H](/C=C/C(=O)O)Oc2ccccc2)cc1. The summed E-state index contributed by atoms with van der Waals surface area (Å²) in [5.41, 5.74) is 1.31. The minimum absolute atomic E-state index is 0.0149. The van der Waals surface area contributed by atoms with E-state index < -0.39 is 24.3 Å². The number of amides is 1. The van der Waals surface area contributed by atoms with E-state index in [-0.39, 0.29) is 5.75 Å². The molecule has 0 spiro atoms. The number of carboxylic acids is 1. The molecule has 0 aliphatic heterocycles. The zero-order chi connectivity index (χ0) is 23.6. The van der Waals surface area contributed by atoms with Crippen LogP contribution in [0.4, 0.5) is 10.5 Å². The van der Waals surface area contributed by atoms with Crippen LogP contribution in [0.1, 0.15) is 17.2 Å². The number of carbonyl (C=O) groups excluding carboxylic acids is 1. The number of nitrogens with one attached hydrogen (secondary N) is 1. The molecule has 3 N–H and O–H groups in total. The lowest BCUT2D eigenvalue weighted by Gasteiger charge is -2.26. The maximum absolute atomic E-state index is 12.7. The van der Waals surface area contributed by atoms with Gasteiger partial charge in [0.05, 0.1) is 11.6 Å². The minimum atomic E-state index is -1.19. The van der Waals surface area contributed by atoms with Crippen LogP contribution in [-0.4, -0.2) is 28.4 Å². The van der Waals surface area contributed by atoms with Gasteiger partial charge in [-0.25, -0.2) is 9.59 Å². The highest BCUT2D eigenvalue weighted by Crippen LogP contribution is 2.28. The van der Waals surface area contributed by atoms with Crippen molar-refractivity contribution < 1.29 is 29.3 Å². The van der Waals surface area contributed by atoms with Crippen LogP contribution in [0.5, 0.6) is 11.5 Å². The number of carboxylic acid groups (broad SMARTS) is 1. The van der Waals surface area contributed by atoms with Crippen LogP contribution in [0.2, 0.25) is 0 Å². The normalized spacial score (nSPS) is 12.3. The van der Waals surface area contributed by atoms with Crippen LogP contribution in [0.25, 0.3) is 0 Å². The van der Waals surface area contributed by atoms with Gasteiger partial charge >= 0.3 is 12.1 Å². The number of aliphatic carboxylic acids is 1. The summed E-state index contributed by atoms with van der Waals surface area (Å²) in [5, 5.41) is 30.2. The molecular weight excluding hydrogens is 424 g/mol. The van der Waals surface area contributed by atoms with E-state index in [1.807, 2.05) is 6.07 Å². The molecule has 0 fully saturated rings. The Balaban J connectivity index is 1.89. The fourth-order valence-corrected chi connectivity index (χ4v) is 2.91. The van der Waals surface area contributed by atoms with Crippen LogP contribution < -0.4 is 10.1 Å². The van der Waals surface area contributed by atoms with Crippen molar-refractivity contribution in [2.45, 2.75) is 12.2 Å². The number of nitrogens with zero attached hydrogens (tertiary/aromatic N) is 1. The molecule has 3 aromatic carbocycles. The molecular formula is C25H20N2O6. The van der Waals surface area contributed by atoms with Gasteiger partial charge in [0.2, 0.25) is 0 Å². The zero-order valence-electron chi connectivity index (χ0n) is 17.3. The van der Waals surface area contributed by atoms with Gasteiger partial charge in [-0.15, -0.1) is 0 Å². The summed E-state index contributed by atoms with van der Waals surface area (Å²) < 4.78 is 11.6. The summed E-state index contributed by atoms with van der Waals surface area (Å²) in [4.78, 5) is 23.8. The van der Waals surface area contributed by atoms with Gasteiger partial charge in [-0.05, 0) is 60.2 Å². The molecule has 1 amide bonds. The minimum Gasteiger partial charge on any atom is -0.508 e. The Morgan fingerprint density at radius 3 is 2.24 bits per heavy atom. The maximum atomic E-state index is 12.7. The third-order valence-corrected chi connectivity index (χ3v) is 4.46. The molecule has 0 saturated heterocycles. The second-order valence-corrected chi connectivity index (χ2v) is 6.82. The summed E-state index contributed by atoms with van der Waals surface area (Å²) in [6, 6.07) is 22.8. The monoisotopic (exact) mass is 444 g/mol. The maximum Gasteiger partial charge on any atom is 0.412 e. The Labute approximate surface area is 189 Å². The van der Waals surface area contributed by atoms with Gasteiger partial charge in [0.15, 0.2) is 12.2 Å². The first-order valence-electron chi connectivity index (χ1n) is 9.84. The van der Waals surface area contributed by atoms with Gasteiger partial charge in [-0.2, -0.15) is 5.26 Å². The van der Waals surface area contributed by atoms with E-state index in [2.05, 4.69) is 5.32 Å². The van der Waals surface area contributed by atoms with Crippen LogP contribution in [0, 0.1) is 11.3 Å². The lowest BCUT2D eigenvalue weighted by atomic mass is 10.0. The van der Waals surface area contributed by atoms with Gasteiger partial charge in [0.25, 0.3) is 0 Å². The molecule has 3 rings (SSSR count). The number of aromatic hydroxyl groups is 1. The number of hydrogen-bond acceptors (Lipinski definition) is 6. The molecule has 33 heavy (non-hydrogen) atoms. The fraction of sp³-hybridized carbons (Fsp3) is 0.0800. The van der Waals surface area contributed by atoms with E-state index >= 15 is 0 Å². The van der Waals surface area contributed by atoms with Crippen LogP contribution in [-0.2, 0) is 9.53 Å². The Kier molecular flexibility index (Phi) is 7.65. The largest absolute Gasteiger partial charge is 0.508 e. The number of nitriles is 1. The molecule has 0 aliphatic rings. The average Bonchev–Trinajstić information content (AvgIpc) is 2.82. The number of ether oxygens (including phenoxy) is 2. The molecule has 0 unspecified atom stereocenters. The van der Waals surface area contributed by atoms with E-state index in [1.165, 1.54) is 18.2 Å². The van der Waals surface area contributed by atoms with Crippen molar-refractivity contribution >= 4 is 17.7 Å². The highest BCUT2D eigenvalue weighted by Gasteiger charge is 2.28. The van der Waals surface area contributed by atoms with Crippen molar-refractivity contribution in [1.29, 1.82) is 5.26 Å². The average molecular weight is 444 g/mol. The molecule has 166 valence electrons.